The summed E-state index contributed by atoms with van der Waals surface area (Å²) in [5.41, 5.74) is 1.07. The number of aromatic amines is 1. The Morgan fingerprint density at radius 1 is 1.35 bits per heavy atom. The summed E-state index contributed by atoms with van der Waals surface area (Å²) in [7, 11) is 0. The summed E-state index contributed by atoms with van der Waals surface area (Å²) in [4.78, 5) is 33.4. The first-order chi connectivity index (χ1) is 11.0. The number of hydrogen-bond donors (Lipinski definition) is 1. The lowest BCUT2D eigenvalue weighted by Gasteiger charge is -2.24. The number of hydrogen-bond acceptors (Lipinski definition) is 3. The average molecular weight is 315 g/mol. The third kappa shape index (κ3) is 2.76. The first-order valence-corrected chi connectivity index (χ1v) is 7.62. The fraction of sp³-hybridized carbons (Fsp3) is 0.353. The van der Waals surface area contributed by atoms with E-state index in [9.17, 15) is 14.0 Å². The molecular weight excluding hydrogens is 297 g/mol. The summed E-state index contributed by atoms with van der Waals surface area (Å²) in [5, 5.41) is 0. The van der Waals surface area contributed by atoms with Crippen LogP contribution < -0.4 is 5.56 Å². The van der Waals surface area contributed by atoms with E-state index in [4.69, 9.17) is 0 Å². The Bertz CT molecular complexity index is 816. The maximum atomic E-state index is 13.9. The predicted octanol–water partition coefficient (Wildman–Crippen LogP) is 2.50. The van der Waals surface area contributed by atoms with E-state index in [1.807, 2.05) is 0 Å². The van der Waals surface area contributed by atoms with Crippen LogP contribution in [-0.2, 0) is 0 Å². The van der Waals surface area contributed by atoms with Crippen LogP contribution in [0.2, 0.25) is 0 Å². The molecule has 1 saturated heterocycles. The Labute approximate surface area is 133 Å². The van der Waals surface area contributed by atoms with Crippen molar-refractivity contribution >= 4 is 5.91 Å². The number of rotatable bonds is 2. The summed E-state index contributed by atoms with van der Waals surface area (Å²) in [5.74, 6) is -0.434. The van der Waals surface area contributed by atoms with Gasteiger partial charge in [-0.2, -0.15) is 0 Å². The lowest BCUT2D eigenvalue weighted by Crippen LogP contribution is -2.33. The Kier molecular flexibility index (Phi) is 3.98. The molecule has 1 amide bonds. The maximum absolute atomic E-state index is 13.9. The van der Waals surface area contributed by atoms with Crippen LogP contribution >= 0.6 is 0 Å². The van der Waals surface area contributed by atoms with Gasteiger partial charge in [0.05, 0.1) is 11.6 Å². The van der Waals surface area contributed by atoms with Crippen LogP contribution in [0, 0.1) is 19.7 Å². The molecule has 23 heavy (non-hydrogen) atoms. The molecule has 1 atom stereocenters. The van der Waals surface area contributed by atoms with E-state index in [-0.39, 0.29) is 23.1 Å². The van der Waals surface area contributed by atoms with E-state index < -0.39 is 5.82 Å². The lowest BCUT2D eigenvalue weighted by atomic mass is 10.1. The first-order valence-electron chi connectivity index (χ1n) is 7.62. The lowest BCUT2D eigenvalue weighted by molar-refractivity contribution is 0.0724. The molecule has 1 aromatic heterocycles. The van der Waals surface area contributed by atoms with Crippen LogP contribution in [0.5, 0.6) is 0 Å². The molecule has 0 radical (unpaired) electrons. The van der Waals surface area contributed by atoms with Gasteiger partial charge >= 0.3 is 0 Å². The maximum Gasteiger partial charge on any atom is 0.257 e. The van der Waals surface area contributed by atoms with E-state index in [1.54, 1.807) is 30.9 Å². The molecule has 0 aliphatic carbocycles. The Morgan fingerprint density at radius 3 is 2.78 bits per heavy atom. The molecule has 5 nitrogen and oxygen atoms in total. The average Bonchev–Trinajstić information content (AvgIpc) is 3.01. The van der Waals surface area contributed by atoms with Gasteiger partial charge in [-0.15, -0.1) is 0 Å². The van der Waals surface area contributed by atoms with Gasteiger partial charge in [-0.25, -0.2) is 9.37 Å². The highest BCUT2D eigenvalue weighted by Crippen LogP contribution is 2.31. The van der Waals surface area contributed by atoms with Crippen LogP contribution in [-0.4, -0.2) is 27.3 Å². The van der Waals surface area contributed by atoms with Gasteiger partial charge in [-0.05, 0) is 38.8 Å². The third-order valence-electron chi connectivity index (χ3n) is 4.35. The van der Waals surface area contributed by atoms with Crippen molar-refractivity contribution in [2.75, 3.05) is 6.54 Å². The summed E-state index contributed by atoms with van der Waals surface area (Å²) < 4.78 is 13.9. The number of nitrogens with one attached hydrogen (secondary N) is 1. The second-order valence-corrected chi connectivity index (χ2v) is 5.80. The number of halogens is 1. The molecule has 3 rings (SSSR count). The second-order valence-electron chi connectivity index (χ2n) is 5.80. The summed E-state index contributed by atoms with van der Waals surface area (Å²) in [6.45, 7) is 4.00. The number of H-pyrrole nitrogens is 1. The second kappa shape index (κ2) is 5.95. The van der Waals surface area contributed by atoms with Crippen LogP contribution in [0.1, 0.15) is 46.3 Å². The van der Waals surface area contributed by atoms with Gasteiger partial charge in [-0.3, -0.25) is 9.59 Å². The number of aromatic nitrogens is 2. The van der Waals surface area contributed by atoms with Crippen molar-refractivity contribution in [3.8, 4) is 0 Å². The third-order valence-corrected chi connectivity index (χ3v) is 4.35. The molecule has 0 bridgehead atoms. The van der Waals surface area contributed by atoms with Crippen molar-refractivity contribution < 1.29 is 9.18 Å². The van der Waals surface area contributed by atoms with Crippen LogP contribution in [0.25, 0.3) is 0 Å². The monoisotopic (exact) mass is 315 g/mol. The van der Waals surface area contributed by atoms with Gasteiger partial charge < -0.3 is 9.88 Å². The van der Waals surface area contributed by atoms with E-state index in [1.165, 1.54) is 12.1 Å². The fourth-order valence-corrected chi connectivity index (χ4v) is 2.91. The molecule has 0 saturated carbocycles. The number of carbonyl (C=O) groups is 1. The molecule has 1 aliphatic heterocycles. The molecule has 1 aromatic carbocycles. The normalized spacial score (nSPS) is 17.5. The topological polar surface area (TPSA) is 66.1 Å². The highest BCUT2D eigenvalue weighted by Gasteiger charge is 2.33. The van der Waals surface area contributed by atoms with E-state index in [2.05, 4.69) is 9.97 Å². The number of nitrogens with zero attached hydrogens (tertiary/aromatic N) is 2. The highest BCUT2D eigenvalue weighted by atomic mass is 19.1. The highest BCUT2D eigenvalue weighted by molar-refractivity contribution is 5.94. The van der Waals surface area contributed by atoms with Crippen LogP contribution in [0.3, 0.4) is 0 Å². The van der Waals surface area contributed by atoms with Crippen molar-refractivity contribution in [1.29, 1.82) is 0 Å². The van der Waals surface area contributed by atoms with Crippen molar-refractivity contribution in [2.24, 2.45) is 0 Å². The minimum Gasteiger partial charge on any atom is -0.328 e. The van der Waals surface area contributed by atoms with Crippen LogP contribution in [0.15, 0.2) is 29.1 Å². The molecule has 1 unspecified atom stereocenters. The molecular formula is C17H18FN3O2. The minimum absolute atomic E-state index is 0.0468. The first kappa shape index (κ1) is 15.4. The van der Waals surface area contributed by atoms with E-state index in [0.717, 1.165) is 6.42 Å². The number of likely N-dealkylation sites (tertiary alicyclic amines) is 1. The molecule has 0 spiro atoms. The summed E-state index contributed by atoms with van der Waals surface area (Å²) in [6.07, 6.45) is 1.49. The van der Waals surface area contributed by atoms with Crippen LogP contribution in [0.4, 0.5) is 4.39 Å². The van der Waals surface area contributed by atoms with Crippen molar-refractivity contribution in [3.05, 3.63) is 63.1 Å². The zero-order valence-electron chi connectivity index (χ0n) is 13.1. The molecule has 1 N–H and O–H groups in total. The van der Waals surface area contributed by atoms with Crippen molar-refractivity contribution in [1.82, 2.24) is 14.9 Å². The largest absolute Gasteiger partial charge is 0.328 e. The van der Waals surface area contributed by atoms with Gasteiger partial charge in [0, 0.05) is 17.8 Å². The zero-order chi connectivity index (χ0) is 16.6. The fourth-order valence-electron chi connectivity index (χ4n) is 2.91. The molecule has 2 aromatic rings. The molecule has 120 valence electrons. The van der Waals surface area contributed by atoms with Gasteiger partial charge in [0.15, 0.2) is 0 Å². The van der Waals surface area contributed by atoms with Crippen molar-refractivity contribution in [3.63, 3.8) is 0 Å². The predicted molar refractivity (Wildman–Crippen MR) is 83.7 cm³/mol. The number of carbonyl (C=O) groups excluding carboxylic acids is 1. The number of benzene rings is 1. The molecule has 2 heterocycles. The number of amides is 1. The SMILES string of the molecule is Cc1nc(C2CCCN2C(=O)c2ccccc2F)[nH]c(=O)c1C. The molecule has 1 fully saturated rings. The van der Waals surface area contributed by atoms with Gasteiger partial charge in [0.1, 0.15) is 11.6 Å². The number of aryl methyl sites for hydroxylation is 1. The smallest absolute Gasteiger partial charge is 0.257 e. The summed E-state index contributed by atoms with van der Waals surface area (Å²) >= 11 is 0. The zero-order valence-corrected chi connectivity index (χ0v) is 13.1. The van der Waals surface area contributed by atoms with Gasteiger partial charge in [0.2, 0.25) is 0 Å². The summed E-state index contributed by atoms with van der Waals surface area (Å²) in [6, 6.07) is 5.61. The Morgan fingerprint density at radius 2 is 2.09 bits per heavy atom. The van der Waals surface area contributed by atoms with Gasteiger partial charge in [0.25, 0.3) is 11.5 Å². The van der Waals surface area contributed by atoms with Gasteiger partial charge in [-0.1, -0.05) is 12.1 Å². The molecule has 6 heteroatoms. The van der Waals surface area contributed by atoms with E-state index in [0.29, 0.717) is 30.0 Å². The standard InChI is InChI=1S/C17H18FN3O2/c1-10-11(2)19-15(20-16(10)22)14-8-5-9-21(14)17(23)12-6-3-4-7-13(12)18/h3-4,6-7,14H,5,8-9H2,1-2H3,(H,19,20,22). The Hall–Kier alpha value is -2.50. The quantitative estimate of drug-likeness (QED) is 0.926. The molecule has 1 aliphatic rings. The van der Waals surface area contributed by atoms with Crippen molar-refractivity contribution in [2.45, 2.75) is 32.7 Å². The Balaban J connectivity index is 1.96. The minimum atomic E-state index is -0.537. The van der Waals surface area contributed by atoms with E-state index >= 15 is 0 Å².